The third kappa shape index (κ3) is 3.84. The first-order valence-corrected chi connectivity index (χ1v) is 2.76. The van der Waals surface area contributed by atoms with Gasteiger partial charge >= 0.3 is 0 Å². The van der Waals surface area contributed by atoms with Crippen molar-refractivity contribution >= 4 is 0 Å². The van der Waals surface area contributed by atoms with Gasteiger partial charge in [-0.2, -0.15) is 0 Å². The molecule has 0 amide bonds. The second-order valence-corrected chi connectivity index (χ2v) is 1.65. The number of hydrogen-bond donors (Lipinski definition) is 2. The summed E-state index contributed by atoms with van der Waals surface area (Å²) in [6.07, 6.45) is 3.25. The normalized spacial score (nSPS) is 14.9. The van der Waals surface area contributed by atoms with Gasteiger partial charge in [0.2, 0.25) is 0 Å². The van der Waals surface area contributed by atoms with Gasteiger partial charge in [-0.3, -0.25) is 0 Å². The Hall–Kier alpha value is -0.340. The van der Waals surface area contributed by atoms with Gasteiger partial charge in [0.25, 0.3) is 0 Å². The summed E-state index contributed by atoms with van der Waals surface area (Å²) in [5.41, 5.74) is 0. The molecule has 8 heavy (non-hydrogen) atoms. The first-order valence-electron chi connectivity index (χ1n) is 2.76. The fourth-order valence-electron chi connectivity index (χ4n) is 0.499. The number of likely N-dealkylation sites (N-methyl/N-ethyl adjacent to an activating group) is 1. The Kier molecular flexibility index (Phi) is 4.61. The van der Waals surface area contributed by atoms with Crippen LogP contribution in [0.5, 0.6) is 0 Å². The van der Waals surface area contributed by atoms with Crippen LogP contribution in [0.1, 0.15) is 6.92 Å². The van der Waals surface area contributed by atoms with Crippen LogP contribution in [0.3, 0.4) is 0 Å². The second-order valence-electron chi connectivity index (χ2n) is 1.65. The summed E-state index contributed by atoms with van der Waals surface area (Å²) in [6.45, 7) is 2.52. The lowest BCUT2D eigenvalue weighted by Gasteiger charge is -2.00. The van der Waals surface area contributed by atoms with E-state index in [1.807, 2.05) is 20.0 Å². The molecule has 0 radical (unpaired) electrons. The van der Waals surface area contributed by atoms with Gasteiger partial charge < -0.3 is 10.4 Å². The molecule has 1 unspecified atom stereocenters. The molecule has 0 saturated heterocycles. The minimum absolute atomic E-state index is 0.329. The molecule has 0 aliphatic rings. The predicted octanol–water partition coefficient (Wildman–Crippen LogP) is 0.143. The maximum Gasteiger partial charge on any atom is 0.0845 e. The molecule has 0 aromatic carbocycles. The van der Waals surface area contributed by atoms with E-state index in [9.17, 15) is 0 Å². The van der Waals surface area contributed by atoms with Crippen molar-refractivity contribution in [2.24, 2.45) is 0 Å². The molecular formula is C6H13NO. The summed E-state index contributed by atoms with van der Waals surface area (Å²) >= 11 is 0. The summed E-state index contributed by atoms with van der Waals surface area (Å²) < 4.78 is 0. The molecule has 0 aliphatic heterocycles. The molecule has 0 rings (SSSR count). The Morgan fingerprint density at radius 1 is 1.75 bits per heavy atom. The zero-order valence-corrected chi connectivity index (χ0v) is 5.39. The average Bonchev–Trinajstić information content (AvgIpc) is 1.68. The van der Waals surface area contributed by atoms with Crippen LogP contribution >= 0.6 is 0 Å². The summed E-state index contributed by atoms with van der Waals surface area (Å²) in [5, 5.41) is 11.8. The number of aliphatic hydroxyl groups is 1. The standard InChI is InChI=1S/C6H13NO/c1-3-4-6(8)5-7-2/h3-4,6-8H,5H2,1-2H3. The van der Waals surface area contributed by atoms with E-state index in [1.54, 1.807) is 6.08 Å². The Balaban J connectivity index is 3.17. The zero-order valence-electron chi connectivity index (χ0n) is 5.39. The lowest BCUT2D eigenvalue weighted by molar-refractivity contribution is 0.222. The molecule has 2 N–H and O–H groups in total. The zero-order chi connectivity index (χ0) is 6.41. The van der Waals surface area contributed by atoms with Crippen molar-refractivity contribution in [1.82, 2.24) is 5.32 Å². The molecular weight excluding hydrogens is 102 g/mol. The van der Waals surface area contributed by atoms with E-state index in [4.69, 9.17) is 5.11 Å². The van der Waals surface area contributed by atoms with E-state index in [-0.39, 0.29) is 6.10 Å². The molecule has 2 heteroatoms. The van der Waals surface area contributed by atoms with E-state index in [2.05, 4.69) is 5.32 Å². The molecule has 0 spiro atoms. The molecule has 0 aromatic heterocycles. The van der Waals surface area contributed by atoms with Gasteiger partial charge in [-0.05, 0) is 14.0 Å². The van der Waals surface area contributed by atoms with Crippen molar-refractivity contribution in [2.75, 3.05) is 13.6 Å². The number of rotatable bonds is 3. The molecule has 0 fully saturated rings. The van der Waals surface area contributed by atoms with Crippen molar-refractivity contribution in [3.63, 3.8) is 0 Å². The van der Waals surface area contributed by atoms with Crippen molar-refractivity contribution in [3.05, 3.63) is 12.2 Å². The van der Waals surface area contributed by atoms with Crippen LogP contribution in [-0.2, 0) is 0 Å². The van der Waals surface area contributed by atoms with E-state index in [0.29, 0.717) is 6.54 Å². The number of aliphatic hydroxyl groups excluding tert-OH is 1. The monoisotopic (exact) mass is 115 g/mol. The van der Waals surface area contributed by atoms with Crippen molar-refractivity contribution in [2.45, 2.75) is 13.0 Å². The van der Waals surface area contributed by atoms with Crippen LogP contribution in [0.15, 0.2) is 12.2 Å². The highest BCUT2D eigenvalue weighted by molar-refractivity contribution is 4.85. The SMILES string of the molecule is CC=CC(O)CNC. The highest BCUT2D eigenvalue weighted by atomic mass is 16.3. The van der Waals surface area contributed by atoms with E-state index < -0.39 is 0 Å². The lowest BCUT2D eigenvalue weighted by Crippen LogP contribution is -2.20. The van der Waals surface area contributed by atoms with Gasteiger partial charge in [0.05, 0.1) is 6.10 Å². The number of hydrogen-bond acceptors (Lipinski definition) is 2. The van der Waals surface area contributed by atoms with Crippen LogP contribution in [0.25, 0.3) is 0 Å². The lowest BCUT2D eigenvalue weighted by atomic mass is 10.3. The Morgan fingerprint density at radius 3 is 2.75 bits per heavy atom. The maximum absolute atomic E-state index is 8.90. The Labute approximate surface area is 50.2 Å². The average molecular weight is 115 g/mol. The minimum Gasteiger partial charge on any atom is -0.388 e. The first kappa shape index (κ1) is 7.66. The molecule has 0 heterocycles. The summed E-state index contributed by atoms with van der Waals surface area (Å²) in [4.78, 5) is 0. The molecule has 0 aliphatic carbocycles. The maximum atomic E-state index is 8.90. The van der Waals surface area contributed by atoms with Crippen molar-refractivity contribution in [1.29, 1.82) is 0 Å². The third-order valence-corrected chi connectivity index (χ3v) is 0.828. The van der Waals surface area contributed by atoms with E-state index in [1.165, 1.54) is 0 Å². The fraction of sp³-hybridized carbons (Fsp3) is 0.667. The van der Waals surface area contributed by atoms with Gasteiger partial charge in [0, 0.05) is 6.54 Å². The van der Waals surface area contributed by atoms with Gasteiger partial charge in [-0.25, -0.2) is 0 Å². The van der Waals surface area contributed by atoms with Crippen LogP contribution in [0, 0.1) is 0 Å². The Bertz CT molecular complexity index is 70.9. The second kappa shape index (κ2) is 4.81. The number of allylic oxidation sites excluding steroid dienone is 1. The molecule has 48 valence electrons. The van der Waals surface area contributed by atoms with Gasteiger partial charge in [0.15, 0.2) is 0 Å². The van der Waals surface area contributed by atoms with Crippen molar-refractivity contribution in [3.8, 4) is 0 Å². The topological polar surface area (TPSA) is 32.3 Å². The van der Waals surface area contributed by atoms with Crippen LogP contribution < -0.4 is 5.32 Å². The quantitative estimate of drug-likeness (QED) is 0.513. The largest absolute Gasteiger partial charge is 0.388 e. The Morgan fingerprint density at radius 2 is 2.38 bits per heavy atom. The van der Waals surface area contributed by atoms with Crippen molar-refractivity contribution < 1.29 is 5.11 Å². The van der Waals surface area contributed by atoms with E-state index in [0.717, 1.165) is 0 Å². The molecule has 0 bridgehead atoms. The van der Waals surface area contributed by atoms with Gasteiger partial charge in [-0.1, -0.05) is 12.2 Å². The molecule has 2 nitrogen and oxygen atoms in total. The van der Waals surface area contributed by atoms with Crippen LogP contribution in [0.2, 0.25) is 0 Å². The van der Waals surface area contributed by atoms with Gasteiger partial charge in [-0.15, -0.1) is 0 Å². The summed E-state index contributed by atoms with van der Waals surface area (Å²) in [6, 6.07) is 0. The fourth-order valence-corrected chi connectivity index (χ4v) is 0.499. The highest BCUT2D eigenvalue weighted by Crippen LogP contribution is 1.80. The highest BCUT2D eigenvalue weighted by Gasteiger charge is 1.91. The first-order chi connectivity index (χ1) is 3.81. The predicted molar refractivity (Wildman–Crippen MR) is 34.7 cm³/mol. The molecule has 1 atom stereocenters. The van der Waals surface area contributed by atoms with Crippen LogP contribution in [-0.4, -0.2) is 24.8 Å². The summed E-state index contributed by atoms with van der Waals surface area (Å²) in [7, 11) is 1.81. The summed E-state index contributed by atoms with van der Waals surface area (Å²) in [5.74, 6) is 0. The molecule has 0 saturated carbocycles. The van der Waals surface area contributed by atoms with E-state index >= 15 is 0 Å². The minimum atomic E-state index is -0.329. The smallest absolute Gasteiger partial charge is 0.0845 e. The number of nitrogens with one attached hydrogen (secondary N) is 1. The third-order valence-electron chi connectivity index (χ3n) is 0.828. The van der Waals surface area contributed by atoms with Crippen LogP contribution in [0.4, 0.5) is 0 Å². The van der Waals surface area contributed by atoms with Gasteiger partial charge in [0.1, 0.15) is 0 Å². The molecule has 0 aromatic rings.